The third-order valence-corrected chi connectivity index (χ3v) is 5.30. The molecule has 0 bridgehead atoms. The zero-order chi connectivity index (χ0) is 19.1. The molecule has 6 heteroatoms. The summed E-state index contributed by atoms with van der Waals surface area (Å²) in [5.74, 6) is 0.937. The van der Waals surface area contributed by atoms with Gasteiger partial charge in [0.05, 0.1) is 7.11 Å². The van der Waals surface area contributed by atoms with E-state index in [1.54, 1.807) is 12.0 Å². The van der Waals surface area contributed by atoms with Crippen molar-refractivity contribution in [1.82, 2.24) is 5.32 Å². The van der Waals surface area contributed by atoms with Crippen LogP contribution in [0.1, 0.15) is 11.1 Å². The number of hydrogen-bond acceptors (Lipinski definition) is 2. The summed E-state index contributed by atoms with van der Waals surface area (Å²) >= 11 is 6.07. The third kappa shape index (κ3) is 6.24. The van der Waals surface area contributed by atoms with Gasteiger partial charge in [-0.2, -0.15) is 0 Å². The second kappa shape index (κ2) is 9.74. The van der Waals surface area contributed by atoms with E-state index in [0.717, 1.165) is 49.1 Å². The van der Waals surface area contributed by atoms with Gasteiger partial charge in [-0.3, -0.25) is 4.79 Å². The molecular formula is C21H28ClN3O2+2. The molecule has 1 fully saturated rings. The molecule has 0 saturated carbocycles. The number of piperazine rings is 1. The minimum Gasteiger partial charge on any atom is -0.497 e. The van der Waals surface area contributed by atoms with E-state index in [1.807, 2.05) is 42.5 Å². The monoisotopic (exact) mass is 389 g/mol. The predicted octanol–water partition coefficient (Wildman–Crippen LogP) is -0.0516. The number of benzene rings is 2. The fourth-order valence-corrected chi connectivity index (χ4v) is 3.69. The second-order valence-corrected chi connectivity index (χ2v) is 7.54. The molecule has 27 heavy (non-hydrogen) atoms. The van der Waals surface area contributed by atoms with E-state index in [4.69, 9.17) is 16.3 Å². The zero-order valence-corrected chi connectivity index (χ0v) is 16.5. The molecule has 5 nitrogen and oxygen atoms in total. The van der Waals surface area contributed by atoms with Crippen LogP contribution < -0.4 is 19.9 Å². The topological polar surface area (TPSA) is 47.2 Å². The van der Waals surface area contributed by atoms with Gasteiger partial charge in [-0.25, -0.2) is 0 Å². The van der Waals surface area contributed by atoms with Crippen LogP contribution >= 0.6 is 11.6 Å². The van der Waals surface area contributed by atoms with Crippen molar-refractivity contribution in [2.75, 3.05) is 39.8 Å². The fourth-order valence-electron chi connectivity index (χ4n) is 3.48. The summed E-state index contributed by atoms with van der Waals surface area (Å²) in [6, 6.07) is 15.9. The van der Waals surface area contributed by atoms with Gasteiger partial charge in [-0.05, 0) is 29.8 Å². The maximum absolute atomic E-state index is 12.2. The van der Waals surface area contributed by atoms with Gasteiger partial charge in [0.15, 0.2) is 6.54 Å². The molecule has 0 spiro atoms. The van der Waals surface area contributed by atoms with Crippen LogP contribution in [0.15, 0.2) is 48.5 Å². The summed E-state index contributed by atoms with van der Waals surface area (Å²) in [5, 5.41) is 3.81. The molecule has 1 aliphatic heterocycles. The quantitative estimate of drug-likeness (QED) is 0.622. The van der Waals surface area contributed by atoms with Crippen LogP contribution in [0, 0.1) is 0 Å². The number of amides is 1. The van der Waals surface area contributed by atoms with Crippen molar-refractivity contribution in [3.05, 3.63) is 64.7 Å². The van der Waals surface area contributed by atoms with Crippen molar-refractivity contribution in [3.8, 4) is 5.75 Å². The fraction of sp³-hybridized carbons (Fsp3) is 0.381. The lowest BCUT2D eigenvalue weighted by Gasteiger charge is -2.29. The van der Waals surface area contributed by atoms with Crippen LogP contribution in [0.25, 0.3) is 0 Å². The van der Waals surface area contributed by atoms with Gasteiger partial charge >= 0.3 is 0 Å². The highest BCUT2D eigenvalue weighted by molar-refractivity contribution is 6.30. The number of nitrogens with one attached hydrogen (secondary N) is 3. The van der Waals surface area contributed by atoms with Crippen molar-refractivity contribution < 1.29 is 19.3 Å². The van der Waals surface area contributed by atoms with E-state index < -0.39 is 0 Å². The van der Waals surface area contributed by atoms with Gasteiger partial charge in [-0.1, -0.05) is 35.9 Å². The number of halogens is 1. The van der Waals surface area contributed by atoms with Crippen LogP contribution in [0.2, 0.25) is 5.02 Å². The number of carbonyl (C=O) groups excluding carboxylic acids is 1. The van der Waals surface area contributed by atoms with Crippen LogP contribution in [-0.2, 0) is 17.9 Å². The number of carbonyl (C=O) groups is 1. The normalized spacial score (nSPS) is 19.5. The minimum atomic E-state index is 0.110. The van der Waals surface area contributed by atoms with Crippen molar-refractivity contribution in [2.45, 2.75) is 13.1 Å². The van der Waals surface area contributed by atoms with Crippen LogP contribution in [0.3, 0.4) is 0 Å². The first-order valence-corrected chi connectivity index (χ1v) is 9.81. The molecule has 2 aromatic carbocycles. The first-order valence-electron chi connectivity index (χ1n) is 9.43. The first-order chi connectivity index (χ1) is 13.1. The second-order valence-electron chi connectivity index (χ2n) is 7.11. The standard InChI is InChI=1S/C21H26ClN3O2/c1-27-20-7-5-17(6-8-20)14-23-21(26)16-25-11-9-24(10-12-25)15-18-3-2-4-19(22)13-18/h2-8,13H,9-12,14-16H2,1H3,(H,23,26)/p+2. The predicted molar refractivity (Wildman–Crippen MR) is 106 cm³/mol. The molecule has 0 aromatic heterocycles. The largest absolute Gasteiger partial charge is 0.497 e. The van der Waals surface area contributed by atoms with Crippen molar-refractivity contribution in [1.29, 1.82) is 0 Å². The summed E-state index contributed by atoms with van der Waals surface area (Å²) < 4.78 is 5.15. The first kappa shape index (κ1) is 19.7. The highest BCUT2D eigenvalue weighted by Crippen LogP contribution is 2.11. The molecule has 0 aliphatic carbocycles. The molecule has 2 aromatic rings. The Morgan fingerprint density at radius 3 is 2.41 bits per heavy atom. The van der Waals surface area contributed by atoms with Gasteiger partial charge < -0.3 is 19.9 Å². The molecule has 1 saturated heterocycles. The molecule has 1 heterocycles. The summed E-state index contributed by atoms with van der Waals surface area (Å²) in [4.78, 5) is 15.2. The van der Waals surface area contributed by atoms with E-state index in [1.165, 1.54) is 10.5 Å². The smallest absolute Gasteiger partial charge is 0.275 e. The Balaban J connectivity index is 1.37. The summed E-state index contributed by atoms with van der Waals surface area (Å²) in [6.07, 6.45) is 0. The molecule has 1 amide bonds. The Bertz CT molecular complexity index is 743. The third-order valence-electron chi connectivity index (χ3n) is 5.07. The zero-order valence-electron chi connectivity index (χ0n) is 15.8. The maximum atomic E-state index is 12.2. The Morgan fingerprint density at radius 2 is 1.74 bits per heavy atom. The molecule has 144 valence electrons. The van der Waals surface area contributed by atoms with Crippen LogP contribution in [-0.4, -0.2) is 45.7 Å². The van der Waals surface area contributed by atoms with Crippen molar-refractivity contribution in [3.63, 3.8) is 0 Å². The van der Waals surface area contributed by atoms with E-state index in [9.17, 15) is 4.79 Å². The molecule has 0 radical (unpaired) electrons. The van der Waals surface area contributed by atoms with Crippen molar-refractivity contribution >= 4 is 17.5 Å². The Morgan fingerprint density at radius 1 is 1.04 bits per heavy atom. The summed E-state index contributed by atoms with van der Waals surface area (Å²) in [6.45, 7) is 6.29. The van der Waals surface area contributed by atoms with E-state index in [2.05, 4.69) is 11.4 Å². The molecule has 0 unspecified atom stereocenters. The van der Waals surface area contributed by atoms with Gasteiger partial charge in [0, 0.05) is 17.1 Å². The number of rotatable bonds is 7. The van der Waals surface area contributed by atoms with Gasteiger partial charge in [-0.15, -0.1) is 0 Å². The SMILES string of the molecule is COc1ccc(CNC(=O)C[NH+]2CC[NH+](Cc3cccc(Cl)c3)CC2)cc1. The van der Waals surface area contributed by atoms with Crippen molar-refractivity contribution in [2.24, 2.45) is 0 Å². The maximum Gasteiger partial charge on any atom is 0.275 e. The highest BCUT2D eigenvalue weighted by Gasteiger charge is 2.24. The summed E-state index contributed by atoms with van der Waals surface area (Å²) in [7, 11) is 1.65. The summed E-state index contributed by atoms with van der Waals surface area (Å²) in [5.41, 5.74) is 2.35. The van der Waals surface area contributed by atoms with E-state index in [-0.39, 0.29) is 5.91 Å². The van der Waals surface area contributed by atoms with Crippen LogP contribution in [0.4, 0.5) is 0 Å². The minimum absolute atomic E-state index is 0.110. The Kier molecular flexibility index (Phi) is 7.10. The Labute approximate surface area is 165 Å². The van der Waals surface area contributed by atoms with E-state index in [0.29, 0.717) is 13.1 Å². The van der Waals surface area contributed by atoms with Crippen LogP contribution in [0.5, 0.6) is 5.75 Å². The Hall–Kier alpha value is -2.08. The van der Waals surface area contributed by atoms with Gasteiger partial charge in [0.1, 0.15) is 38.5 Å². The average Bonchev–Trinajstić information content (AvgIpc) is 2.68. The lowest BCUT2D eigenvalue weighted by molar-refractivity contribution is -1.02. The molecule has 1 aliphatic rings. The molecule has 0 atom stereocenters. The number of ether oxygens (including phenoxy) is 1. The molecule has 3 N–H and O–H groups in total. The number of methoxy groups -OCH3 is 1. The van der Waals surface area contributed by atoms with Gasteiger partial charge in [0.2, 0.25) is 0 Å². The molecule has 3 rings (SSSR count). The lowest BCUT2D eigenvalue weighted by atomic mass is 10.2. The highest BCUT2D eigenvalue weighted by atomic mass is 35.5. The average molecular weight is 390 g/mol. The molecular weight excluding hydrogens is 362 g/mol. The van der Waals surface area contributed by atoms with Gasteiger partial charge in [0.25, 0.3) is 5.91 Å². The number of quaternary nitrogens is 2. The lowest BCUT2D eigenvalue weighted by Crippen LogP contribution is -3.28. The van der Waals surface area contributed by atoms with E-state index >= 15 is 0 Å². The number of hydrogen-bond donors (Lipinski definition) is 3.